The van der Waals surface area contributed by atoms with E-state index in [2.05, 4.69) is 29.0 Å². The number of nitrogens with one attached hydrogen (secondary N) is 1. The highest BCUT2D eigenvalue weighted by molar-refractivity contribution is 5.90. The molecular formula is C12H21N5O. The molecule has 1 fully saturated rings. The summed E-state index contributed by atoms with van der Waals surface area (Å²) in [5, 5.41) is 6.80. The molecule has 6 nitrogen and oxygen atoms in total. The van der Waals surface area contributed by atoms with E-state index in [9.17, 15) is 4.79 Å². The van der Waals surface area contributed by atoms with E-state index >= 15 is 0 Å². The predicted molar refractivity (Wildman–Crippen MR) is 68.0 cm³/mol. The number of piperidine rings is 1. The number of nitrogens with two attached hydrogens (primary N) is 1. The van der Waals surface area contributed by atoms with Gasteiger partial charge in [-0.15, -0.1) is 5.10 Å². The summed E-state index contributed by atoms with van der Waals surface area (Å²) in [7, 11) is 0. The first-order chi connectivity index (χ1) is 8.60. The Kier molecular flexibility index (Phi) is 3.96. The van der Waals surface area contributed by atoms with E-state index in [4.69, 9.17) is 5.73 Å². The Bertz CT molecular complexity index is 406. The minimum Gasteiger partial charge on any atom is -0.334 e. The van der Waals surface area contributed by atoms with E-state index in [0.29, 0.717) is 12.5 Å². The molecule has 0 bridgehead atoms. The van der Waals surface area contributed by atoms with Gasteiger partial charge in [0.2, 0.25) is 5.82 Å². The van der Waals surface area contributed by atoms with Gasteiger partial charge in [-0.1, -0.05) is 13.8 Å². The van der Waals surface area contributed by atoms with Crippen molar-refractivity contribution in [1.29, 1.82) is 0 Å². The van der Waals surface area contributed by atoms with E-state index < -0.39 is 0 Å². The third kappa shape index (κ3) is 2.87. The first-order valence-electron chi connectivity index (χ1n) is 6.56. The molecule has 0 aliphatic carbocycles. The van der Waals surface area contributed by atoms with Gasteiger partial charge in [0.1, 0.15) is 5.82 Å². The van der Waals surface area contributed by atoms with Gasteiger partial charge in [-0.3, -0.25) is 9.89 Å². The standard InChI is InChI=1S/C12H21N5O/c1-3-4-10-14-11(16-15-10)12(18)17-6-8(2)5-9(13)7-17/h8-9H,3-7,13H2,1-2H3,(H,14,15,16). The van der Waals surface area contributed by atoms with Crippen molar-refractivity contribution in [3.63, 3.8) is 0 Å². The van der Waals surface area contributed by atoms with Crippen molar-refractivity contribution in [3.05, 3.63) is 11.6 Å². The normalized spacial score (nSPS) is 24.3. The summed E-state index contributed by atoms with van der Waals surface area (Å²) in [5.41, 5.74) is 5.94. The van der Waals surface area contributed by atoms with E-state index in [-0.39, 0.29) is 17.8 Å². The van der Waals surface area contributed by atoms with Crippen LogP contribution in [0.3, 0.4) is 0 Å². The summed E-state index contributed by atoms with van der Waals surface area (Å²) in [5.74, 6) is 1.36. The SMILES string of the molecule is CCCc1nc(C(=O)N2CC(C)CC(N)C2)n[nH]1. The molecule has 2 heterocycles. The summed E-state index contributed by atoms with van der Waals surface area (Å²) in [6.45, 7) is 5.51. The van der Waals surface area contributed by atoms with Crippen LogP contribution in [-0.4, -0.2) is 45.1 Å². The van der Waals surface area contributed by atoms with Crippen molar-refractivity contribution in [3.8, 4) is 0 Å². The molecule has 6 heteroatoms. The number of aromatic nitrogens is 3. The van der Waals surface area contributed by atoms with Crippen LogP contribution < -0.4 is 5.73 Å². The van der Waals surface area contributed by atoms with Gasteiger partial charge < -0.3 is 10.6 Å². The maximum absolute atomic E-state index is 12.2. The van der Waals surface area contributed by atoms with Crippen LogP contribution in [-0.2, 0) is 6.42 Å². The number of carbonyl (C=O) groups is 1. The zero-order chi connectivity index (χ0) is 13.1. The molecule has 18 heavy (non-hydrogen) atoms. The van der Waals surface area contributed by atoms with Crippen molar-refractivity contribution in [1.82, 2.24) is 20.1 Å². The van der Waals surface area contributed by atoms with Crippen LogP contribution in [0.1, 0.15) is 43.1 Å². The second-order valence-electron chi connectivity index (χ2n) is 5.17. The zero-order valence-electron chi connectivity index (χ0n) is 11.0. The minimum absolute atomic E-state index is 0.0618. The summed E-state index contributed by atoms with van der Waals surface area (Å²) in [4.78, 5) is 18.2. The van der Waals surface area contributed by atoms with Crippen molar-refractivity contribution >= 4 is 5.91 Å². The number of carbonyl (C=O) groups excluding carboxylic acids is 1. The average Bonchev–Trinajstić information content (AvgIpc) is 2.76. The highest BCUT2D eigenvalue weighted by Crippen LogP contribution is 2.16. The predicted octanol–water partition coefficient (Wildman–Crippen LogP) is 0.567. The number of nitrogens with zero attached hydrogens (tertiary/aromatic N) is 3. The van der Waals surface area contributed by atoms with Gasteiger partial charge >= 0.3 is 0 Å². The first-order valence-corrected chi connectivity index (χ1v) is 6.56. The Morgan fingerprint density at radius 3 is 3.00 bits per heavy atom. The molecule has 1 aliphatic rings. The quantitative estimate of drug-likeness (QED) is 0.822. The van der Waals surface area contributed by atoms with Gasteiger partial charge in [-0.05, 0) is 18.8 Å². The second-order valence-corrected chi connectivity index (χ2v) is 5.17. The molecule has 100 valence electrons. The number of hydrogen-bond donors (Lipinski definition) is 2. The fourth-order valence-electron chi connectivity index (χ4n) is 2.45. The fourth-order valence-corrected chi connectivity index (χ4v) is 2.45. The van der Waals surface area contributed by atoms with Crippen LogP contribution in [0, 0.1) is 5.92 Å². The average molecular weight is 251 g/mol. The molecule has 0 spiro atoms. The first kappa shape index (κ1) is 13.0. The molecule has 2 atom stereocenters. The molecule has 0 saturated carbocycles. The molecule has 1 saturated heterocycles. The number of H-pyrrole nitrogens is 1. The zero-order valence-corrected chi connectivity index (χ0v) is 11.0. The van der Waals surface area contributed by atoms with E-state index in [1.807, 2.05) is 0 Å². The maximum Gasteiger partial charge on any atom is 0.293 e. The van der Waals surface area contributed by atoms with Gasteiger partial charge in [0.05, 0.1) is 0 Å². The van der Waals surface area contributed by atoms with Gasteiger partial charge in [0, 0.05) is 25.6 Å². The van der Waals surface area contributed by atoms with Gasteiger partial charge in [-0.2, -0.15) is 0 Å². The Hall–Kier alpha value is -1.43. The number of amides is 1. The molecule has 0 aromatic carbocycles. The Labute approximate surface area is 107 Å². The van der Waals surface area contributed by atoms with Crippen molar-refractivity contribution in [2.75, 3.05) is 13.1 Å². The molecule has 2 unspecified atom stereocenters. The molecule has 1 aliphatic heterocycles. The monoisotopic (exact) mass is 251 g/mol. The van der Waals surface area contributed by atoms with Gasteiger partial charge in [0.25, 0.3) is 5.91 Å². The number of aryl methyl sites for hydroxylation is 1. The highest BCUT2D eigenvalue weighted by atomic mass is 16.2. The lowest BCUT2D eigenvalue weighted by atomic mass is 9.96. The molecule has 0 radical (unpaired) electrons. The van der Waals surface area contributed by atoms with Crippen LogP contribution in [0.2, 0.25) is 0 Å². The fraction of sp³-hybridized carbons (Fsp3) is 0.750. The number of likely N-dealkylation sites (tertiary alicyclic amines) is 1. The Balaban J connectivity index is 2.05. The molecule has 2 rings (SSSR count). The minimum atomic E-state index is -0.115. The second kappa shape index (κ2) is 5.48. The number of hydrogen-bond acceptors (Lipinski definition) is 4. The van der Waals surface area contributed by atoms with E-state index in [1.165, 1.54) is 0 Å². The molecular weight excluding hydrogens is 230 g/mol. The molecule has 1 amide bonds. The number of rotatable bonds is 3. The van der Waals surface area contributed by atoms with Crippen LogP contribution in [0.5, 0.6) is 0 Å². The molecule has 1 aromatic rings. The van der Waals surface area contributed by atoms with Crippen molar-refractivity contribution in [2.24, 2.45) is 11.7 Å². The highest BCUT2D eigenvalue weighted by Gasteiger charge is 2.28. The van der Waals surface area contributed by atoms with Crippen LogP contribution in [0.4, 0.5) is 0 Å². The smallest absolute Gasteiger partial charge is 0.293 e. The molecule has 3 N–H and O–H groups in total. The lowest BCUT2D eigenvalue weighted by Gasteiger charge is -2.34. The van der Waals surface area contributed by atoms with Gasteiger partial charge in [-0.25, -0.2) is 4.98 Å². The molecule has 1 aromatic heterocycles. The third-order valence-electron chi connectivity index (χ3n) is 3.19. The summed E-state index contributed by atoms with van der Waals surface area (Å²) < 4.78 is 0. The summed E-state index contributed by atoms with van der Waals surface area (Å²) in [6, 6.07) is 0.0618. The van der Waals surface area contributed by atoms with E-state index in [0.717, 1.165) is 31.6 Å². The van der Waals surface area contributed by atoms with Crippen molar-refractivity contribution < 1.29 is 4.79 Å². The summed E-state index contributed by atoms with van der Waals surface area (Å²) >= 11 is 0. The number of aromatic amines is 1. The van der Waals surface area contributed by atoms with Crippen molar-refractivity contribution in [2.45, 2.75) is 39.2 Å². The lowest BCUT2D eigenvalue weighted by Crippen LogP contribution is -2.49. The maximum atomic E-state index is 12.2. The topological polar surface area (TPSA) is 87.9 Å². The Morgan fingerprint density at radius 2 is 2.33 bits per heavy atom. The van der Waals surface area contributed by atoms with Crippen LogP contribution in [0.15, 0.2) is 0 Å². The largest absolute Gasteiger partial charge is 0.334 e. The Morgan fingerprint density at radius 1 is 1.56 bits per heavy atom. The third-order valence-corrected chi connectivity index (χ3v) is 3.19. The van der Waals surface area contributed by atoms with Crippen LogP contribution in [0.25, 0.3) is 0 Å². The summed E-state index contributed by atoms with van der Waals surface area (Å²) in [6.07, 6.45) is 2.77. The van der Waals surface area contributed by atoms with E-state index in [1.54, 1.807) is 4.90 Å². The van der Waals surface area contributed by atoms with Gasteiger partial charge in [0.15, 0.2) is 0 Å². The lowest BCUT2D eigenvalue weighted by molar-refractivity contribution is 0.0649. The van der Waals surface area contributed by atoms with Crippen LogP contribution >= 0.6 is 0 Å².